The van der Waals surface area contributed by atoms with E-state index in [1.807, 2.05) is 46.1 Å². The van der Waals surface area contributed by atoms with Gasteiger partial charge in [0.05, 0.1) is 17.6 Å². The standard InChI is InChI=1S/C14H21ClN4/c1-14(2,16)9-19-12-6-5-10(15)7-11(12)17-13(19)8-18(3)4/h5-7H,8-9,16H2,1-4H3. The van der Waals surface area contributed by atoms with E-state index in [0.717, 1.165) is 29.9 Å². The number of halogens is 1. The summed E-state index contributed by atoms with van der Waals surface area (Å²) in [5.74, 6) is 1.01. The Morgan fingerprint density at radius 1 is 1.37 bits per heavy atom. The van der Waals surface area contributed by atoms with Crippen molar-refractivity contribution in [3.63, 3.8) is 0 Å². The molecular formula is C14H21ClN4. The van der Waals surface area contributed by atoms with Crippen molar-refractivity contribution in [1.82, 2.24) is 14.5 Å². The maximum Gasteiger partial charge on any atom is 0.124 e. The molecule has 104 valence electrons. The molecular weight excluding hydrogens is 260 g/mol. The van der Waals surface area contributed by atoms with E-state index < -0.39 is 0 Å². The Kier molecular flexibility index (Phi) is 3.85. The molecule has 0 radical (unpaired) electrons. The van der Waals surface area contributed by atoms with E-state index in [4.69, 9.17) is 17.3 Å². The number of aromatic nitrogens is 2. The highest BCUT2D eigenvalue weighted by atomic mass is 35.5. The van der Waals surface area contributed by atoms with Gasteiger partial charge in [-0.3, -0.25) is 0 Å². The number of nitrogens with zero attached hydrogens (tertiary/aromatic N) is 3. The fraction of sp³-hybridized carbons (Fsp3) is 0.500. The Labute approximate surface area is 119 Å². The number of benzene rings is 1. The molecule has 2 aromatic rings. The van der Waals surface area contributed by atoms with Crippen LogP contribution < -0.4 is 5.73 Å². The Morgan fingerprint density at radius 3 is 2.63 bits per heavy atom. The molecule has 2 N–H and O–H groups in total. The number of rotatable bonds is 4. The van der Waals surface area contributed by atoms with Crippen LogP contribution in [0.1, 0.15) is 19.7 Å². The van der Waals surface area contributed by atoms with Crippen LogP contribution in [0.2, 0.25) is 5.02 Å². The zero-order chi connectivity index (χ0) is 14.2. The minimum atomic E-state index is -0.283. The van der Waals surface area contributed by atoms with E-state index in [0.29, 0.717) is 5.02 Å². The molecule has 5 heteroatoms. The summed E-state index contributed by atoms with van der Waals surface area (Å²) in [7, 11) is 4.06. The molecule has 0 aliphatic carbocycles. The third kappa shape index (κ3) is 3.47. The van der Waals surface area contributed by atoms with Crippen LogP contribution in [-0.2, 0) is 13.1 Å². The zero-order valence-electron chi connectivity index (χ0n) is 11.9. The van der Waals surface area contributed by atoms with Gasteiger partial charge >= 0.3 is 0 Å². The third-order valence-corrected chi connectivity index (χ3v) is 3.05. The van der Waals surface area contributed by atoms with E-state index in [2.05, 4.69) is 14.5 Å². The summed E-state index contributed by atoms with van der Waals surface area (Å²) in [5.41, 5.74) is 7.88. The number of hydrogen-bond acceptors (Lipinski definition) is 3. The predicted octanol–water partition coefficient (Wildman–Crippen LogP) is 2.49. The molecule has 2 rings (SSSR count). The van der Waals surface area contributed by atoms with Crippen molar-refractivity contribution in [2.75, 3.05) is 14.1 Å². The van der Waals surface area contributed by atoms with Crippen LogP contribution in [0.4, 0.5) is 0 Å². The Balaban J connectivity index is 2.54. The first-order valence-corrected chi connectivity index (χ1v) is 6.72. The molecule has 0 atom stereocenters. The number of fused-ring (bicyclic) bond motifs is 1. The SMILES string of the molecule is CN(C)Cc1nc2cc(Cl)ccc2n1CC(C)(C)N. The van der Waals surface area contributed by atoms with E-state index in [1.54, 1.807) is 0 Å². The van der Waals surface area contributed by atoms with Gasteiger partial charge in [0.15, 0.2) is 0 Å². The van der Waals surface area contributed by atoms with Gasteiger partial charge in [-0.1, -0.05) is 11.6 Å². The van der Waals surface area contributed by atoms with Crippen LogP contribution in [0, 0.1) is 0 Å². The molecule has 1 heterocycles. The lowest BCUT2D eigenvalue weighted by Gasteiger charge is -2.22. The lowest BCUT2D eigenvalue weighted by Crippen LogP contribution is -2.37. The van der Waals surface area contributed by atoms with Crippen molar-refractivity contribution in [1.29, 1.82) is 0 Å². The van der Waals surface area contributed by atoms with Gasteiger partial charge in [0, 0.05) is 17.1 Å². The van der Waals surface area contributed by atoms with Gasteiger partial charge in [-0.15, -0.1) is 0 Å². The molecule has 4 nitrogen and oxygen atoms in total. The largest absolute Gasteiger partial charge is 0.325 e. The first-order chi connectivity index (χ1) is 8.76. The average Bonchev–Trinajstić information content (AvgIpc) is 2.52. The van der Waals surface area contributed by atoms with E-state index >= 15 is 0 Å². The lowest BCUT2D eigenvalue weighted by atomic mass is 10.1. The Hall–Kier alpha value is -1.10. The lowest BCUT2D eigenvalue weighted by molar-refractivity contribution is 0.365. The van der Waals surface area contributed by atoms with Gasteiger partial charge in [-0.2, -0.15) is 0 Å². The molecule has 0 fully saturated rings. The van der Waals surface area contributed by atoms with Gasteiger partial charge in [0.1, 0.15) is 5.82 Å². The van der Waals surface area contributed by atoms with E-state index in [1.165, 1.54) is 0 Å². The van der Waals surface area contributed by atoms with Gasteiger partial charge in [0.2, 0.25) is 0 Å². The molecule has 19 heavy (non-hydrogen) atoms. The summed E-state index contributed by atoms with van der Waals surface area (Å²) in [6.45, 7) is 5.55. The van der Waals surface area contributed by atoms with Gasteiger partial charge < -0.3 is 15.2 Å². The van der Waals surface area contributed by atoms with Crippen LogP contribution in [0.15, 0.2) is 18.2 Å². The summed E-state index contributed by atoms with van der Waals surface area (Å²) in [6, 6.07) is 5.80. The van der Waals surface area contributed by atoms with Crippen LogP contribution >= 0.6 is 11.6 Å². The number of nitrogens with two attached hydrogens (primary N) is 1. The van der Waals surface area contributed by atoms with Crippen molar-refractivity contribution in [2.24, 2.45) is 5.73 Å². The van der Waals surface area contributed by atoms with E-state index in [9.17, 15) is 0 Å². The molecule has 0 aliphatic heterocycles. The van der Waals surface area contributed by atoms with Gasteiger partial charge in [-0.05, 0) is 46.1 Å². The highest BCUT2D eigenvalue weighted by Gasteiger charge is 2.18. The quantitative estimate of drug-likeness (QED) is 0.936. The predicted molar refractivity (Wildman–Crippen MR) is 80.4 cm³/mol. The second-order valence-corrected chi connectivity index (χ2v) is 6.41. The molecule has 0 unspecified atom stereocenters. The molecule has 0 spiro atoms. The van der Waals surface area contributed by atoms with Crippen molar-refractivity contribution in [3.8, 4) is 0 Å². The zero-order valence-corrected chi connectivity index (χ0v) is 12.7. The summed E-state index contributed by atoms with van der Waals surface area (Å²) in [6.07, 6.45) is 0. The summed E-state index contributed by atoms with van der Waals surface area (Å²) in [5, 5.41) is 0.709. The molecule has 1 aromatic carbocycles. The second-order valence-electron chi connectivity index (χ2n) is 5.97. The number of hydrogen-bond donors (Lipinski definition) is 1. The first kappa shape index (κ1) is 14.3. The van der Waals surface area contributed by atoms with Crippen LogP contribution in [0.5, 0.6) is 0 Å². The molecule has 0 bridgehead atoms. The fourth-order valence-corrected chi connectivity index (χ4v) is 2.31. The second kappa shape index (κ2) is 5.12. The molecule has 0 aliphatic rings. The average molecular weight is 281 g/mol. The maximum atomic E-state index is 6.16. The minimum absolute atomic E-state index is 0.283. The van der Waals surface area contributed by atoms with Gasteiger partial charge in [0.25, 0.3) is 0 Å². The van der Waals surface area contributed by atoms with Gasteiger partial charge in [-0.25, -0.2) is 4.98 Å². The van der Waals surface area contributed by atoms with E-state index in [-0.39, 0.29) is 5.54 Å². The fourth-order valence-electron chi connectivity index (χ4n) is 2.14. The Morgan fingerprint density at radius 2 is 2.05 bits per heavy atom. The normalized spacial score (nSPS) is 12.6. The van der Waals surface area contributed by atoms with Crippen molar-refractivity contribution in [3.05, 3.63) is 29.0 Å². The molecule has 0 saturated carbocycles. The first-order valence-electron chi connectivity index (χ1n) is 6.34. The van der Waals surface area contributed by atoms with Crippen molar-refractivity contribution >= 4 is 22.6 Å². The topological polar surface area (TPSA) is 47.1 Å². The van der Waals surface area contributed by atoms with Crippen LogP contribution in [-0.4, -0.2) is 34.1 Å². The third-order valence-electron chi connectivity index (χ3n) is 2.81. The minimum Gasteiger partial charge on any atom is -0.325 e. The summed E-state index contributed by atoms with van der Waals surface area (Å²) < 4.78 is 2.19. The summed E-state index contributed by atoms with van der Waals surface area (Å²) >= 11 is 6.03. The Bertz CT molecular complexity index is 581. The maximum absolute atomic E-state index is 6.16. The molecule has 0 amide bonds. The highest BCUT2D eigenvalue weighted by Crippen LogP contribution is 2.22. The monoisotopic (exact) mass is 280 g/mol. The highest BCUT2D eigenvalue weighted by molar-refractivity contribution is 6.31. The van der Waals surface area contributed by atoms with Crippen molar-refractivity contribution in [2.45, 2.75) is 32.5 Å². The van der Waals surface area contributed by atoms with Crippen LogP contribution in [0.25, 0.3) is 11.0 Å². The summed E-state index contributed by atoms with van der Waals surface area (Å²) in [4.78, 5) is 6.78. The molecule has 1 aromatic heterocycles. The number of imidazole rings is 1. The van der Waals surface area contributed by atoms with Crippen molar-refractivity contribution < 1.29 is 0 Å². The van der Waals surface area contributed by atoms with Crippen LogP contribution in [0.3, 0.4) is 0 Å². The smallest absolute Gasteiger partial charge is 0.124 e. The molecule has 0 saturated heterocycles.